The molecule has 0 aliphatic heterocycles. The number of aryl methyl sites for hydroxylation is 2. The molecule has 9 heteroatoms. The topological polar surface area (TPSA) is 123 Å². The molecule has 0 radical (unpaired) electrons. The minimum absolute atomic E-state index is 0.194. The van der Waals surface area contributed by atoms with Crippen LogP contribution in [0.15, 0.2) is 23.0 Å². The molecule has 0 fully saturated rings. The normalized spacial score (nSPS) is 15.4. The predicted octanol–water partition coefficient (Wildman–Crippen LogP) is 4.17. The van der Waals surface area contributed by atoms with Crippen LogP contribution in [0.1, 0.15) is 49.8 Å². The molecule has 2 aromatic rings. The van der Waals surface area contributed by atoms with Crippen LogP contribution in [-0.2, 0) is 16.0 Å². The van der Waals surface area contributed by atoms with Crippen LogP contribution >= 0.6 is 0 Å². The van der Waals surface area contributed by atoms with Crippen LogP contribution in [0.25, 0.3) is 11.1 Å². The van der Waals surface area contributed by atoms with Crippen molar-refractivity contribution in [2.24, 2.45) is 11.7 Å². The number of benzene rings is 1. The molecule has 2 N–H and O–H groups in total. The summed E-state index contributed by atoms with van der Waals surface area (Å²) in [7, 11) is 6.05. The van der Waals surface area contributed by atoms with E-state index in [9.17, 15) is 14.4 Å². The van der Waals surface area contributed by atoms with Gasteiger partial charge in [0.15, 0.2) is 17.2 Å². The van der Waals surface area contributed by atoms with Crippen LogP contribution in [0.2, 0.25) is 0 Å². The highest BCUT2D eigenvalue weighted by molar-refractivity contribution is 5.86. The van der Waals surface area contributed by atoms with E-state index in [4.69, 9.17) is 29.4 Å². The van der Waals surface area contributed by atoms with E-state index in [1.54, 1.807) is 27.9 Å². The number of ketones is 1. The van der Waals surface area contributed by atoms with Crippen molar-refractivity contribution in [3.8, 4) is 34.1 Å². The highest BCUT2D eigenvalue weighted by Crippen LogP contribution is 2.52. The van der Waals surface area contributed by atoms with Crippen molar-refractivity contribution in [2.45, 2.75) is 52.1 Å². The van der Waals surface area contributed by atoms with Gasteiger partial charge < -0.3 is 29.4 Å². The third kappa shape index (κ3) is 5.08. The lowest BCUT2D eigenvalue weighted by atomic mass is 9.72. The first-order chi connectivity index (χ1) is 17.4. The monoisotopic (exact) mass is 513 g/mol. The zero-order valence-corrected chi connectivity index (χ0v) is 22.6. The number of methoxy groups -OCH3 is 4. The lowest BCUT2D eigenvalue weighted by molar-refractivity contribution is -0.129. The maximum Gasteiger partial charge on any atom is 0.405 e. The summed E-state index contributed by atoms with van der Waals surface area (Å²) in [5.41, 5.74) is 7.33. The molecule has 37 heavy (non-hydrogen) atoms. The van der Waals surface area contributed by atoms with Crippen molar-refractivity contribution in [3.63, 3.8) is 0 Å². The molecule has 1 aliphatic rings. The average Bonchev–Trinajstić information content (AvgIpc) is 3.02. The summed E-state index contributed by atoms with van der Waals surface area (Å²) >= 11 is 0. The number of carbonyl (C=O) groups excluding carboxylic acids is 2. The van der Waals surface area contributed by atoms with E-state index in [1.807, 2.05) is 12.1 Å². The minimum Gasteiger partial charge on any atom is -0.493 e. The van der Waals surface area contributed by atoms with E-state index >= 15 is 0 Å². The molecule has 9 nitrogen and oxygen atoms in total. The number of Topliss-reactive ketones (excluding diaryl/α,β-unsaturated/α-hetero) is 1. The van der Waals surface area contributed by atoms with Crippen LogP contribution in [0.3, 0.4) is 0 Å². The first-order valence-electron chi connectivity index (χ1n) is 12.0. The van der Waals surface area contributed by atoms with E-state index in [2.05, 4.69) is 0 Å². The second-order valence-electron chi connectivity index (χ2n) is 9.68. The molecule has 3 rings (SSSR count). The Morgan fingerprint density at radius 3 is 2.11 bits per heavy atom. The first kappa shape index (κ1) is 27.8. The molecule has 2 atom stereocenters. The molecule has 200 valence electrons. The molecule has 1 unspecified atom stereocenters. The minimum atomic E-state index is -1.24. The highest BCUT2D eigenvalue weighted by Gasteiger charge is 2.44. The van der Waals surface area contributed by atoms with Crippen LogP contribution < -0.4 is 30.1 Å². The van der Waals surface area contributed by atoms with Crippen LogP contribution in [-0.4, -0.2) is 45.9 Å². The fraction of sp³-hybridized carbons (Fsp3) is 0.464. The molecule has 0 saturated heterocycles. The Labute approximate surface area is 216 Å². The first-order valence-corrected chi connectivity index (χ1v) is 12.0. The lowest BCUT2D eigenvalue weighted by Crippen LogP contribution is -2.45. The summed E-state index contributed by atoms with van der Waals surface area (Å²) in [6.07, 6.45) is 0.0139. The summed E-state index contributed by atoms with van der Waals surface area (Å²) in [6, 6.07) is 5.25. The van der Waals surface area contributed by atoms with E-state index in [0.717, 1.165) is 11.1 Å². The van der Waals surface area contributed by atoms with Gasteiger partial charge in [-0.2, -0.15) is 0 Å². The second kappa shape index (κ2) is 10.7. The van der Waals surface area contributed by atoms with Gasteiger partial charge in [0.2, 0.25) is 11.2 Å². The van der Waals surface area contributed by atoms with E-state index in [1.165, 1.54) is 34.3 Å². The smallest absolute Gasteiger partial charge is 0.405 e. The highest BCUT2D eigenvalue weighted by atomic mass is 16.6. The Morgan fingerprint density at radius 2 is 1.59 bits per heavy atom. The van der Waals surface area contributed by atoms with Gasteiger partial charge in [-0.15, -0.1) is 0 Å². The van der Waals surface area contributed by atoms with Crippen molar-refractivity contribution in [1.29, 1.82) is 0 Å². The molecule has 0 aromatic heterocycles. The van der Waals surface area contributed by atoms with Gasteiger partial charge in [-0.05, 0) is 86.9 Å². The molecule has 0 saturated carbocycles. The zero-order valence-electron chi connectivity index (χ0n) is 22.6. The SMILES string of the molecule is COc1cc2c(c(OC)c1OC)-c1cc(C)c(OC)c(=O)cc1C([C@H](C(C)=O)C(C)(C)OC(N)=O)CC2. The summed E-state index contributed by atoms with van der Waals surface area (Å²) in [4.78, 5) is 38.2. The van der Waals surface area contributed by atoms with E-state index in [-0.39, 0.29) is 17.0 Å². The Bertz CT molecular complexity index is 1280. The summed E-state index contributed by atoms with van der Waals surface area (Å²) in [6.45, 7) is 6.55. The average molecular weight is 514 g/mol. The summed E-state index contributed by atoms with van der Waals surface area (Å²) < 4.78 is 27.9. The molecule has 0 bridgehead atoms. The number of hydrogen-bond acceptors (Lipinski definition) is 8. The van der Waals surface area contributed by atoms with Crippen molar-refractivity contribution in [1.82, 2.24) is 0 Å². The van der Waals surface area contributed by atoms with Gasteiger partial charge in [-0.25, -0.2) is 4.79 Å². The Balaban J connectivity index is 2.50. The number of fused-ring (bicyclic) bond motifs is 3. The molecule has 0 spiro atoms. The fourth-order valence-electron chi connectivity index (χ4n) is 5.72. The lowest BCUT2D eigenvalue weighted by Gasteiger charge is -2.37. The second-order valence-corrected chi connectivity index (χ2v) is 9.68. The van der Waals surface area contributed by atoms with Crippen LogP contribution in [0.5, 0.6) is 23.0 Å². The number of carbonyl (C=O) groups is 2. The Morgan fingerprint density at radius 1 is 0.973 bits per heavy atom. The Hall–Kier alpha value is -3.75. The van der Waals surface area contributed by atoms with E-state index in [0.29, 0.717) is 46.8 Å². The number of rotatable bonds is 8. The predicted molar refractivity (Wildman–Crippen MR) is 139 cm³/mol. The molecular formula is C28H35NO8. The van der Waals surface area contributed by atoms with Crippen LogP contribution in [0.4, 0.5) is 4.79 Å². The molecule has 1 amide bonds. The Kier molecular flexibility index (Phi) is 8.05. The van der Waals surface area contributed by atoms with Gasteiger partial charge in [-0.3, -0.25) is 9.59 Å². The van der Waals surface area contributed by atoms with Gasteiger partial charge in [0, 0.05) is 5.56 Å². The maximum atomic E-state index is 13.3. The third-order valence-electron chi connectivity index (χ3n) is 7.00. The quantitative estimate of drug-likeness (QED) is 0.558. The van der Waals surface area contributed by atoms with Gasteiger partial charge in [0.05, 0.1) is 34.4 Å². The number of ether oxygens (including phenoxy) is 5. The summed E-state index contributed by atoms with van der Waals surface area (Å²) in [5.74, 6) is 0.0570. The number of hydrogen-bond donors (Lipinski definition) is 1. The molecule has 0 heterocycles. The fourth-order valence-corrected chi connectivity index (χ4v) is 5.72. The summed E-state index contributed by atoms with van der Waals surface area (Å²) in [5, 5.41) is 0. The number of nitrogens with two attached hydrogens (primary N) is 1. The third-order valence-corrected chi connectivity index (χ3v) is 7.00. The van der Waals surface area contributed by atoms with Crippen molar-refractivity contribution in [3.05, 3.63) is 45.1 Å². The maximum absolute atomic E-state index is 13.3. The van der Waals surface area contributed by atoms with Crippen molar-refractivity contribution < 1.29 is 33.3 Å². The van der Waals surface area contributed by atoms with Gasteiger partial charge >= 0.3 is 6.09 Å². The molecular weight excluding hydrogens is 478 g/mol. The zero-order chi connectivity index (χ0) is 27.7. The molecule has 1 aliphatic carbocycles. The largest absolute Gasteiger partial charge is 0.493 e. The van der Waals surface area contributed by atoms with Crippen LogP contribution in [0, 0.1) is 12.8 Å². The standard InChI is InChI=1S/C28H35NO8/c1-14-11-19-18(13-20(31)24(14)34-6)17(23(15(2)30)28(3,4)37-27(29)32)10-9-16-12-21(33-5)25(35-7)26(36-8)22(16)19/h11-13,17,23H,9-10H2,1-8H3,(H2,29,32)/t17?,23-/m0/s1. The number of amides is 1. The number of primary amides is 1. The van der Waals surface area contributed by atoms with Gasteiger partial charge in [-0.1, -0.05) is 0 Å². The van der Waals surface area contributed by atoms with Crippen molar-refractivity contribution in [2.75, 3.05) is 28.4 Å². The van der Waals surface area contributed by atoms with Gasteiger partial charge in [0.1, 0.15) is 11.4 Å². The molecule has 2 aromatic carbocycles. The van der Waals surface area contributed by atoms with E-state index < -0.39 is 23.5 Å². The van der Waals surface area contributed by atoms with Crippen molar-refractivity contribution >= 4 is 11.9 Å². The van der Waals surface area contributed by atoms with Gasteiger partial charge in [0.25, 0.3) is 0 Å².